The van der Waals surface area contributed by atoms with E-state index in [1.54, 1.807) is 18.7 Å². The Balaban J connectivity index is 2.37. The van der Waals surface area contributed by atoms with E-state index in [-0.39, 0.29) is 0 Å². The van der Waals surface area contributed by atoms with Crippen LogP contribution in [-0.4, -0.2) is 24.7 Å². The summed E-state index contributed by atoms with van der Waals surface area (Å²) in [7, 11) is 0. The number of hydrogen-bond acceptors (Lipinski definition) is 4. The van der Waals surface area contributed by atoms with E-state index in [1.165, 1.54) is 6.33 Å². The van der Waals surface area contributed by atoms with Gasteiger partial charge in [0.1, 0.15) is 12.7 Å². The van der Waals surface area contributed by atoms with E-state index in [2.05, 4.69) is 27.1 Å². The van der Waals surface area contributed by atoms with Crippen LogP contribution in [0, 0.1) is 0 Å². The molecule has 0 spiro atoms. The van der Waals surface area contributed by atoms with Gasteiger partial charge in [-0.05, 0) is 6.42 Å². The molecule has 0 aliphatic carbocycles. The Labute approximate surface area is 81.8 Å². The summed E-state index contributed by atoms with van der Waals surface area (Å²) in [6.07, 6.45) is 7.76. The highest BCUT2D eigenvalue weighted by atomic mass is 15.3. The molecule has 0 aromatic carbocycles. The summed E-state index contributed by atoms with van der Waals surface area (Å²) in [4.78, 5) is 7.90. The second-order valence-electron chi connectivity index (χ2n) is 2.98. The molecule has 5 nitrogen and oxygen atoms in total. The molecule has 0 saturated carbocycles. The zero-order chi connectivity index (χ0) is 9.80. The van der Waals surface area contributed by atoms with Crippen LogP contribution in [0.2, 0.25) is 0 Å². The number of aryl methyl sites for hydroxylation is 1. The fourth-order valence-electron chi connectivity index (χ4n) is 1.30. The molecule has 0 aliphatic rings. The highest BCUT2D eigenvalue weighted by Gasteiger charge is 2.05. The molecule has 0 atom stereocenters. The van der Waals surface area contributed by atoms with E-state index in [4.69, 9.17) is 0 Å². The van der Waals surface area contributed by atoms with Gasteiger partial charge in [-0.15, -0.1) is 10.2 Å². The van der Waals surface area contributed by atoms with Gasteiger partial charge in [0.25, 0.3) is 0 Å². The topological polar surface area (TPSA) is 56.5 Å². The van der Waals surface area contributed by atoms with Gasteiger partial charge in [-0.2, -0.15) is 0 Å². The molecule has 2 heterocycles. The Morgan fingerprint density at radius 3 is 2.79 bits per heavy atom. The smallest absolute Gasteiger partial charge is 0.166 e. The van der Waals surface area contributed by atoms with Crippen LogP contribution in [-0.2, 0) is 6.54 Å². The van der Waals surface area contributed by atoms with Crippen LogP contribution in [0.25, 0.3) is 11.4 Å². The Morgan fingerprint density at radius 1 is 1.29 bits per heavy atom. The van der Waals surface area contributed by atoms with E-state index in [9.17, 15) is 0 Å². The summed E-state index contributed by atoms with van der Waals surface area (Å²) in [6.45, 7) is 3.03. The summed E-state index contributed by atoms with van der Waals surface area (Å²) in [5.74, 6) is 0.826. The molecular formula is C9H11N5. The van der Waals surface area contributed by atoms with Crippen molar-refractivity contribution in [1.82, 2.24) is 24.7 Å². The predicted molar refractivity (Wildman–Crippen MR) is 51.3 cm³/mol. The van der Waals surface area contributed by atoms with Crippen molar-refractivity contribution in [1.29, 1.82) is 0 Å². The zero-order valence-electron chi connectivity index (χ0n) is 7.96. The lowest BCUT2D eigenvalue weighted by Gasteiger charge is -2.02. The van der Waals surface area contributed by atoms with E-state index < -0.39 is 0 Å². The van der Waals surface area contributed by atoms with Crippen LogP contribution in [0.5, 0.6) is 0 Å². The molecule has 14 heavy (non-hydrogen) atoms. The fraction of sp³-hybridized carbons (Fsp3) is 0.333. The van der Waals surface area contributed by atoms with Crippen molar-refractivity contribution in [3.05, 3.63) is 25.0 Å². The van der Waals surface area contributed by atoms with Crippen LogP contribution < -0.4 is 0 Å². The molecule has 2 aromatic rings. The molecule has 5 heteroatoms. The van der Waals surface area contributed by atoms with Crippen molar-refractivity contribution in [2.45, 2.75) is 19.9 Å². The summed E-state index contributed by atoms with van der Waals surface area (Å²) in [6, 6.07) is 0. The lowest BCUT2D eigenvalue weighted by Crippen LogP contribution is -1.98. The number of rotatable bonds is 3. The average molecular weight is 189 g/mol. The lowest BCUT2D eigenvalue weighted by molar-refractivity contribution is 0.682. The van der Waals surface area contributed by atoms with Crippen LogP contribution in [0.15, 0.2) is 25.0 Å². The first-order valence-corrected chi connectivity index (χ1v) is 4.55. The van der Waals surface area contributed by atoms with Crippen molar-refractivity contribution in [3.63, 3.8) is 0 Å². The molecule has 0 bridgehead atoms. The van der Waals surface area contributed by atoms with Gasteiger partial charge in [-0.3, -0.25) is 0 Å². The van der Waals surface area contributed by atoms with Crippen LogP contribution in [0.3, 0.4) is 0 Å². The summed E-state index contributed by atoms with van der Waals surface area (Å²) < 4.78 is 2.00. The van der Waals surface area contributed by atoms with Crippen LogP contribution in [0.1, 0.15) is 13.3 Å². The number of hydrogen-bond donors (Lipinski definition) is 0. The quantitative estimate of drug-likeness (QED) is 0.726. The maximum Gasteiger partial charge on any atom is 0.166 e. The first kappa shape index (κ1) is 8.80. The van der Waals surface area contributed by atoms with Crippen molar-refractivity contribution in [3.8, 4) is 11.4 Å². The van der Waals surface area contributed by atoms with Crippen molar-refractivity contribution >= 4 is 0 Å². The number of aromatic nitrogens is 5. The van der Waals surface area contributed by atoms with E-state index in [0.29, 0.717) is 0 Å². The molecule has 0 amide bonds. The van der Waals surface area contributed by atoms with Crippen molar-refractivity contribution in [2.24, 2.45) is 0 Å². The summed E-state index contributed by atoms with van der Waals surface area (Å²) in [5, 5.41) is 7.91. The second kappa shape index (κ2) is 3.95. The largest absolute Gasteiger partial charge is 0.314 e. The van der Waals surface area contributed by atoms with Gasteiger partial charge in [0.15, 0.2) is 5.82 Å². The standard InChI is InChI=1S/C9H11N5/c1-2-3-14-7-12-13-9(14)8-4-10-6-11-5-8/h4-7H,2-3H2,1H3. The summed E-state index contributed by atoms with van der Waals surface area (Å²) in [5.41, 5.74) is 0.901. The first-order chi connectivity index (χ1) is 6.92. The van der Waals surface area contributed by atoms with Gasteiger partial charge in [-0.25, -0.2) is 9.97 Å². The SMILES string of the molecule is CCCn1cnnc1-c1cncnc1. The first-order valence-electron chi connectivity index (χ1n) is 4.55. The Kier molecular flexibility index (Phi) is 2.48. The van der Waals surface area contributed by atoms with Crippen molar-refractivity contribution < 1.29 is 0 Å². The fourth-order valence-corrected chi connectivity index (χ4v) is 1.30. The molecule has 0 N–H and O–H groups in total. The molecular weight excluding hydrogens is 178 g/mol. The van der Waals surface area contributed by atoms with Crippen LogP contribution >= 0.6 is 0 Å². The third-order valence-corrected chi connectivity index (χ3v) is 1.90. The molecule has 2 rings (SSSR count). The molecule has 0 radical (unpaired) electrons. The third-order valence-electron chi connectivity index (χ3n) is 1.90. The minimum absolute atomic E-state index is 0.826. The molecule has 0 aliphatic heterocycles. The van der Waals surface area contributed by atoms with Crippen LogP contribution in [0.4, 0.5) is 0 Å². The Bertz CT molecular complexity index is 395. The van der Waals surface area contributed by atoms with Gasteiger partial charge < -0.3 is 4.57 Å². The zero-order valence-corrected chi connectivity index (χ0v) is 7.96. The maximum atomic E-state index is 4.04. The normalized spacial score (nSPS) is 10.4. The van der Waals surface area contributed by atoms with Gasteiger partial charge in [0, 0.05) is 18.9 Å². The Morgan fingerprint density at radius 2 is 2.07 bits per heavy atom. The molecule has 0 fully saturated rings. The van der Waals surface area contributed by atoms with Gasteiger partial charge in [0.2, 0.25) is 0 Å². The van der Waals surface area contributed by atoms with E-state index >= 15 is 0 Å². The van der Waals surface area contributed by atoms with Gasteiger partial charge >= 0.3 is 0 Å². The van der Waals surface area contributed by atoms with Crippen molar-refractivity contribution in [2.75, 3.05) is 0 Å². The second-order valence-corrected chi connectivity index (χ2v) is 2.98. The highest BCUT2D eigenvalue weighted by Crippen LogP contribution is 2.13. The number of nitrogens with zero attached hydrogens (tertiary/aromatic N) is 5. The Hall–Kier alpha value is -1.78. The molecule has 0 unspecified atom stereocenters. The maximum absolute atomic E-state index is 4.04. The van der Waals surface area contributed by atoms with Gasteiger partial charge in [0.05, 0.1) is 5.56 Å². The van der Waals surface area contributed by atoms with E-state index in [1.807, 2.05) is 4.57 Å². The minimum atomic E-state index is 0.826. The monoisotopic (exact) mass is 189 g/mol. The summed E-state index contributed by atoms with van der Waals surface area (Å²) >= 11 is 0. The molecule has 0 saturated heterocycles. The predicted octanol–water partition coefficient (Wildman–Crippen LogP) is 1.15. The minimum Gasteiger partial charge on any atom is -0.314 e. The average Bonchev–Trinajstić information content (AvgIpc) is 2.68. The molecule has 72 valence electrons. The lowest BCUT2D eigenvalue weighted by atomic mass is 10.3. The van der Waals surface area contributed by atoms with Gasteiger partial charge in [-0.1, -0.05) is 6.92 Å². The van der Waals surface area contributed by atoms with E-state index in [0.717, 1.165) is 24.4 Å². The molecule has 2 aromatic heterocycles. The highest BCUT2D eigenvalue weighted by molar-refractivity contribution is 5.51. The third kappa shape index (κ3) is 1.61.